The van der Waals surface area contributed by atoms with Crippen LogP contribution in [-0.4, -0.2) is 59.7 Å². The number of nitrogens with one attached hydrogen (secondary N) is 1. The van der Waals surface area contributed by atoms with Gasteiger partial charge in [0, 0.05) is 31.8 Å². The highest BCUT2D eigenvalue weighted by molar-refractivity contribution is 7.89. The third kappa shape index (κ3) is 7.01. The first-order valence-electron chi connectivity index (χ1n) is 16.0. The topological polar surface area (TPSA) is 116 Å². The molecule has 0 fully saturated rings. The van der Waals surface area contributed by atoms with Crippen molar-refractivity contribution in [2.24, 2.45) is 5.92 Å². The minimum atomic E-state index is -4.01. The highest BCUT2D eigenvalue weighted by atomic mass is 32.2. The number of pyridine rings is 1. The van der Waals surface area contributed by atoms with E-state index in [9.17, 15) is 18.0 Å². The molecule has 0 aromatic heterocycles. The molecule has 2 N–H and O–H groups in total. The SMILES string of the molecule is Cc1nc2cc[nH]c(Cc3ccc(S(=O)(=O)N(C)[C@@H](CC(C)C)C(=O)CC(C)(C)[Si](O)(c4ccccc4)c4ccccc4)cc3)c-2n1. The lowest BCUT2D eigenvalue weighted by Gasteiger charge is -2.42. The Balaban J connectivity index is 1.40. The predicted octanol–water partition coefficient (Wildman–Crippen LogP) is 5.34. The maximum Gasteiger partial charge on any atom is 0.258 e. The molecule has 246 valence electrons. The average Bonchev–Trinajstić information content (AvgIpc) is 3.44. The van der Waals surface area contributed by atoms with E-state index in [0.717, 1.165) is 33.0 Å². The lowest BCUT2D eigenvalue weighted by Crippen LogP contribution is -2.66. The van der Waals surface area contributed by atoms with Gasteiger partial charge in [0.2, 0.25) is 10.0 Å². The number of aryl methyl sites for hydroxylation is 1. The Morgan fingerprint density at radius 1 is 0.915 bits per heavy atom. The van der Waals surface area contributed by atoms with Crippen molar-refractivity contribution in [2.45, 2.75) is 69.9 Å². The number of rotatable bonds is 13. The van der Waals surface area contributed by atoms with Crippen molar-refractivity contribution in [1.29, 1.82) is 0 Å². The second kappa shape index (κ2) is 13.6. The number of aromatic amines is 1. The van der Waals surface area contributed by atoms with Crippen LogP contribution in [0.25, 0.3) is 11.4 Å². The van der Waals surface area contributed by atoms with Gasteiger partial charge in [0.25, 0.3) is 8.32 Å². The zero-order valence-electron chi connectivity index (χ0n) is 27.9. The zero-order chi connectivity index (χ0) is 34.0. The van der Waals surface area contributed by atoms with Crippen LogP contribution in [-0.2, 0) is 21.2 Å². The number of imidazole rings is 1. The molecule has 0 aliphatic carbocycles. The number of hydrogen-bond acceptors (Lipinski definition) is 6. The summed E-state index contributed by atoms with van der Waals surface area (Å²) in [6, 6.07) is 26.9. The molecule has 1 atom stereocenters. The number of carbonyl (C=O) groups excluding carboxylic acids is 1. The fraction of sp³-hybridized carbons (Fsp3) is 0.324. The van der Waals surface area contributed by atoms with Gasteiger partial charge >= 0.3 is 0 Å². The number of nitrogens with zero attached hydrogens (tertiary/aromatic N) is 3. The normalized spacial score (nSPS) is 13.4. The first kappa shape index (κ1) is 34.4. The monoisotopic (exact) mass is 668 g/mol. The summed E-state index contributed by atoms with van der Waals surface area (Å²) in [5.41, 5.74) is 3.43. The Morgan fingerprint density at radius 3 is 2.04 bits per heavy atom. The first-order valence-corrected chi connectivity index (χ1v) is 19.4. The van der Waals surface area contributed by atoms with Gasteiger partial charge in [-0.25, -0.2) is 18.4 Å². The van der Waals surface area contributed by atoms with Crippen molar-refractivity contribution >= 4 is 34.5 Å². The molecule has 2 aliphatic rings. The minimum Gasteiger partial charge on any atom is -0.424 e. The van der Waals surface area contributed by atoms with Crippen molar-refractivity contribution in [1.82, 2.24) is 19.3 Å². The van der Waals surface area contributed by atoms with Gasteiger partial charge in [0.15, 0.2) is 5.78 Å². The van der Waals surface area contributed by atoms with Crippen LogP contribution < -0.4 is 10.4 Å². The predicted molar refractivity (Wildman–Crippen MR) is 189 cm³/mol. The molecule has 0 radical (unpaired) electrons. The molecule has 0 spiro atoms. The van der Waals surface area contributed by atoms with Crippen LogP contribution in [0.1, 0.15) is 57.6 Å². The van der Waals surface area contributed by atoms with E-state index >= 15 is 0 Å². The quantitative estimate of drug-likeness (QED) is 0.164. The van der Waals surface area contributed by atoms with Crippen LogP contribution in [0.15, 0.2) is 102 Å². The number of hydrogen-bond donors (Lipinski definition) is 2. The maximum atomic E-state index is 14.3. The van der Waals surface area contributed by atoms with E-state index in [2.05, 4.69) is 15.0 Å². The number of ketones is 1. The average molecular weight is 669 g/mol. The molecular weight excluding hydrogens is 625 g/mol. The summed E-state index contributed by atoms with van der Waals surface area (Å²) in [5, 5.41) is 0.762. The van der Waals surface area contributed by atoms with Crippen LogP contribution in [0.2, 0.25) is 5.04 Å². The van der Waals surface area contributed by atoms with Gasteiger partial charge in [-0.1, -0.05) is 100 Å². The lowest BCUT2D eigenvalue weighted by atomic mass is 9.94. The van der Waals surface area contributed by atoms with Gasteiger partial charge in [-0.15, -0.1) is 0 Å². The molecule has 10 heteroatoms. The number of Topliss-reactive ketones (excluding diaryl/α,β-unsaturated/α-hetero) is 1. The summed E-state index contributed by atoms with van der Waals surface area (Å²) in [6.45, 7) is 9.67. The van der Waals surface area contributed by atoms with E-state index in [1.807, 2.05) is 108 Å². The highest BCUT2D eigenvalue weighted by Crippen LogP contribution is 2.40. The molecule has 3 aromatic carbocycles. The number of fused-ring (bicyclic) bond motifs is 1. The van der Waals surface area contributed by atoms with Crippen LogP contribution in [0, 0.1) is 12.8 Å². The smallest absolute Gasteiger partial charge is 0.258 e. The molecule has 0 saturated carbocycles. The molecule has 5 rings (SSSR count). The van der Waals surface area contributed by atoms with Crippen LogP contribution in [0.4, 0.5) is 0 Å². The summed E-state index contributed by atoms with van der Waals surface area (Å²) in [4.78, 5) is 39.2. The molecule has 0 unspecified atom stereocenters. The van der Waals surface area contributed by atoms with E-state index in [1.165, 1.54) is 11.4 Å². The van der Waals surface area contributed by atoms with E-state index < -0.39 is 29.4 Å². The summed E-state index contributed by atoms with van der Waals surface area (Å²) in [6.07, 6.45) is 2.74. The molecule has 0 saturated heterocycles. The maximum absolute atomic E-state index is 14.3. The number of aromatic nitrogens is 3. The number of sulfonamides is 1. The van der Waals surface area contributed by atoms with E-state index in [-0.39, 0.29) is 23.0 Å². The Bertz CT molecular complexity index is 1850. The highest BCUT2D eigenvalue weighted by Gasteiger charge is 2.51. The summed E-state index contributed by atoms with van der Waals surface area (Å²) < 4.78 is 29.3. The Morgan fingerprint density at radius 2 is 1.49 bits per heavy atom. The number of likely N-dealkylation sites (N-methyl/N-ethyl adjacent to an activating group) is 1. The molecular formula is C37H44N4O4SSi. The Kier molecular flexibility index (Phi) is 9.98. The molecule has 0 amide bonds. The molecule has 2 aliphatic heterocycles. The van der Waals surface area contributed by atoms with Crippen LogP contribution >= 0.6 is 0 Å². The number of benzene rings is 3. The summed E-state index contributed by atoms with van der Waals surface area (Å²) in [7, 11) is -6.00. The number of H-pyrrole nitrogens is 1. The number of carbonyl (C=O) groups is 1. The molecule has 8 nitrogen and oxygen atoms in total. The van der Waals surface area contributed by atoms with E-state index in [1.54, 1.807) is 24.3 Å². The zero-order valence-corrected chi connectivity index (χ0v) is 29.8. The molecule has 3 aromatic rings. The van der Waals surface area contributed by atoms with Crippen LogP contribution in [0.3, 0.4) is 0 Å². The second-order valence-corrected chi connectivity index (χ2v) is 19.3. The minimum absolute atomic E-state index is 0.0157. The molecule has 2 heterocycles. The van der Waals surface area contributed by atoms with Gasteiger partial charge in [-0.05, 0) is 58.4 Å². The standard InChI is InChI=1S/C37H44N4O4SSi/c1-26(2)23-34(35(42)25-37(4,5)47(45,30-13-9-7-10-14-30)31-15-11-8-12-16-31)41(6)46(43,44)29-19-17-28(18-20-29)24-33-36-32(21-22-38-33)39-27(3)40-36/h7-22,26,34,38,45H,23-25H2,1-6H3/t34-/m0/s1. The summed E-state index contributed by atoms with van der Waals surface area (Å²) in [5.74, 6) is 0.554. The van der Waals surface area contributed by atoms with Crippen molar-refractivity contribution < 1.29 is 18.0 Å². The lowest BCUT2D eigenvalue weighted by molar-refractivity contribution is -0.123. The molecule has 0 bridgehead atoms. The second-order valence-electron chi connectivity index (χ2n) is 13.4. The Hall–Kier alpha value is -3.96. The van der Waals surface area contributed by atoms with Gasteiger partial charge in [0.1, 0.15) is 11.5 Å². The van der Waals surface area contributed by atoms with Crippen molar-refractivity contribution in [3.05, 3.63) is 114 Å². The third-order valence-corrected chi connectivity index (χ3v) is 15.4. The molecule has 47 heavy (non-hydrogen) atoms. The van der Waals surface area contributed by atoms with Gasteiger partial charge in [0.05, 0.1) is 16.6 Å². The van der Waals surface area contributed by atoms with Gasteiger partial charge < -0.3 is 9.78 Å². The van der Waals surface area contributed by atoms with Gasteiger partial charge in [-0.2, -0.15) is 4.31 Å². The largest absolute Gasteiger partial charge is 0.424 e. The third-order valence-electron chi connectivity index (χ3n) is 9.05. The first-order chi connectivity index (χ1) is 22.2. The van der Waals surface area contributed by atoms with Crippen molar-refractivity contribution in [2.75, 3.05) is 7.05 Å². The van der Waals surface area contributed by atoms with Crippen LogP contribution in [0.5, 0.6) is 0 Å². The Labute approximate surface area is 279 Å². The fourth-order valence-electron chi connectivity index (χ4n) is 6.47. The van der Waals surface area contributed by atoms with E-state index in [0.29, 0.717) is 18.7 Å². The van der Waals surface area contributed by atoms with Crippen molar-refractivity contribution in [3.8, 4) is 11.4 Å². The van der Waals surface area contributed by atoms with Gasteiger partial charge in [-0.3, -0.25) is 4.79 Å². The summed E-state index contributed by atoms with van der Waals surface area (Å²) >= 11 is 0. The fourth-order valence-corrected chi connectivity index (χ4v) is 11.5. The van der Waals surface area contributed by atoms with E-state index in [4.69, 9.17) is 0 Å². The van der Waals surface area contributed by atoms with Crippen molar-refractivity contribution in [3.63, 3.8) is 0 Å².